The Hall–Kier alpha value is -2.03. The molecular formula is C14H10F6N2S. The van der Waals surface area contributed by atoms with Crippen molar-refractivity contribution in [2.24, 2.45) is 0 Å². The Labute approximate surface area is 131 Å². The minimum absolute atomic E-state index is 0.356. The van der Waals surface area contributed by atoms with Crippen LogP contribution in [-0.2, 0) is 12.4 Å². The van der Waals surface area contributed by atoms with Gasteiger partial charge >= 0.3 is 12.4 Å². The maximum Gasteiger partial charge on any atom is 0.418 e. The number of anilines is 2. The molecular weight excluding hydrogens is 342 g/mol. The lowest BCUT2D eigenvalue weighted by molar-refractivity contribution is -0.137. The second-order valence-corrected chi connectivity index (χ2v) is 5.74. The highest BCUT2D eigenvalue weighted by Crippen LogP contribution is 2.39. The van der Waals surface area contributed by atoms with E-state index in [-0.39, 0.29) is 0 Å². The van der Waals surface area contributed by atoms with Crippen LogP contribution in [0.4, 0.5) is 37.7 Å². The molecule has 0 saturated carbocycles. The smallest absolute Gasteiger partial charge is 0.398 e. The zero-order chi connectivity index (χ0) is 17.4. The topological polar surface area (TPSA) is 52.0 Å². The van der Waals surface area contributed by atoms with E-state index in [1.165, 1.54) is 12.1 Å². The Morgan fingerprint density at radius 2 is 1.00 bits per heavy atom. The van der Waals surface area contributed by atoms with Crippen molar-refractivity contribution < 1.29 is 26.3 Å². The third kappa shape index (κ3) is 4.04. The van der Waals surface area contributed by atoms with E-state index in [1.54, 1.807) is 0 Å². The van der Waals surface area contributed by atoms with Gasteiger partial charge < -0.3 is 11.5 Å². The summed E-state index contributed by atoms with van der Waals surface area (Å²) in [5.41, 5.74) is 7.89. The highest BCUT2D eigenvalue weighted by Gasteiger charge is 2.33. The molecule has 0 radical (unpaired) electrons. The van der Waals surface area contributed by atoms with Crippen LogP contribution in [0, 0.1) is 0 Å². The maximum atomic E-state index is 12.6. The van der Waals surface area contributed by atoms with E-state index in [0.29, 0.717) is 9.79 Å². The number of halogens is 6. The van der Waals surface area contributed by atoms with Gasteiger partial charge in [-0.05, 0) is 36.4 Å². The van der Waals surface area contributed by atoms with Crippen molar-refractivity contribution in [3.05, 3.63) is 47.5 Å². The van der Waals surface area contributed by atoms with Crippen molar-refractivity contribution >= 4 is 23.1 Å². The predicted octanol–water partition coefficient (Wildman–Crippen LogP) is 5.04. The summed E-state index contributed by atoms with van der Waals surface area (Å²) in [5.74, 6) is 0. The Kier molecular flexibility index (Phi) is 4.43. The molecule has 0 aromatic heterocycles. The molecule has 0 bridgehead atoms. The summed E-state index contributed by atoms with van der Waals surface area (Å²) in [6.07, 6.45) is -9.13. The molecule has 0 saturated heterocycles. The Bertz CT molecular complexity index is 663. The summed E-state index contributed by atoms with van der Waals surface area (Å²) in [4.78, 5) is 0.712. The van der Waals surface area contributed by atoms with Crippen molar-refractivity contribution in [3.8, 4) is 0 Å². The van der Waals surface area contributed by atoms with Gasteiger partial charge in [0.15, 0.2) is 0 Å². The van der Waals surface area contributed by atoms with E-state index in [1.807, 2.05) is 0 Å². The minimum Gasteiger partial charge on any atom is -0.398 e. The van der Waals surface area contributed by atoms with Gasteiger partial charge in [-0.2, -0.15) is 26.3 Å². The molecule has 0 aliphatic rings. The van der Waals surface area contributed by atoms with Gasteiger partial charge in [0, 0.05) is 21.2 Å². The molecule has 2 aromatic rings. The lowest BCUT2D eigenvalue weighted by Crippen LogP contribution is -2.09. The lowest BCUT2D eigenvalue weighted by atomic mass is 10.2. The van der Waals surface area contributed by atoms with E-state index in [4.69, 9.17) is 11.5 Å². The van der Waals surface area contributed by atoms with Crippen molar-refractivity contribution in [1.29, 1.82) is 0 Å². The molecule has 0 spiro atoms. The molecule has 0 atom stereocenters. The van der Waals surface area contributed by atoms with E-state index in [9.17, 15) is 26.3 Å². The highest BCUT2D eigenvalue weighted by molar-refractivity contribution is 7.99. The van der Waals surface area contributed by atoms with Crippen LogP contribution < -0.4 is 11.5 Å². The number of nitrogens with two attached hydrogens (primary N) is 2. The first kappa shape index (κ1) is 17.3. The van der Waals surface area contributed by atoms with Gasteiger partial charge in [-0.1, -0.05) is 11.8 Å². The second-order valence-electron chi connectivity index (χ2n) is 4.60. The molecule has 4 N–H and O–H groups in total. The number of alkyl halides is 6. The van der Waals surface area contributed by atoms with Crippen LogP contribution in [0.15, 0.2) is 46.2 Å². The first-order valence-electron chi connectivity index (χ1n) is 6.10. The van der Waals surface area contributed by atoms with E-state index >= 15 is 0 Å². The van der Waals surface area contributed by atoms with Crippen molar-refractivity contribution in [3.63, 3.8) is 0 Å². The molecule has 0 heterocycles. The van der Waals surface area contributed by atoms with Crippen LogP contribution in [0.25, 0.3) is 0 Å². The second kappa shape index (κ2) is 5.88. The Morgan fingerprint density at radius 3 is 1.26 bits per heavy atom. The fourth-order valence-corrected chi connectivity index (χ4v) is 2.78. The van der Waals surface area contributed by atoms with E-state index < -0.39 is 34.9 Å². The van der Waals surface area contributed by atoms with Crippen molar-refractivity contribution in [2.75, 3.05) is 11.5 Å². The molecule has 0 fully saturated rings. The van der Waals surface area contributed by atoms with Crippen LogP contribution in [0.5, 0.6) is 0 Å². The minimum atomic E-state index is -4.56. The standard InChI is InChI=1S/C14H10F6N2S/c15-13(16,17)9-3-1-7(5-11(9)21)23-8-2-4-10(12(22)6-8)14(18,19)20/h1-6H,21-22H2. The maximum absolute atomic E-state index is 12.6. The SMILES string of the molecule is Nc1cc(Sc2ccc(C(F)(F)F)c(N)c2)ccc1C(F)(F)F. The highest BCUT2D eigenvalue weighted by atomic mass is 32.2. The zero-order valence-electron chi connectivity index (χ0n) is 11.3. The number of rotatable bonds is 2. The number of nitrogen functional groups attached to an aromatic ring is 2. The zero-order valence-corrected chi connectivity index (χ0v) is 12.1. The molecule has 0 aliphatic heterocycles. The van der Waals surface area contributed by atoms with E-state index in [0.717, 1.165) is 36.0 Å². The van der Waals surface area contributed by atoms with Gasteiger partial charge in [0.25, 0.3) is 0 Å². The third-order valence-electron chi connectivity index (χ3n) is 2.89. The predicted molar refractivity (Wildman–Crippen MR) is 75.8 cm³/mol. The van der Waals surface area contributed by atoms with Crippen LogP contribution in [0.2, 0.25) is 0 Å². The summed E-state index contributed by atoms with van der Waals surface area (Å²) >= 11 is 0.960. The molecule has 0 aliphatic carbocycles. The molecule has 2 rings (SSSR count). The summed E-state index contributed by atoms with van der Waals surface area (Å²) < 4.78 is 75.6. The van der Waals surface area contributed by atoms with Gasteiger partial charge in [-0.25, -0.2) is 0 Å². The first-order valence-corrected chi connectivity index (χ1v) is 6.91. The first-order chi connectivity index (χ1) is 10.5. The van der Waals surface area contributed by atoms with Crippen LogP contribution in [-0.4, -0.2) is 0 Å². The fourth-order valence-electron chi connectivity index (χ4n) is 1.86. The normalized spacial score (nSPS) is 12.4. The molecule has 2 nitrogen and oxygen atoms in total. The van der Waals surface area contributed by atoms with Crippen molar-refractivity contribution in [1.82, 2.24) is 0 Å². The van der Waals surface area contributed by atoms with Gasteiger partial charge in [0.2, 0.25) is 0 Å². The Morgan fingerprint density at radius 1 is 0.652 bits per heavy atom. The average molecular weight is 352 g/mol. The average Bonchev–Trinajstić information content (AvgIpc) is 2.35. The summed E-state index contributed by atoms with van der Waals surface area (Å²) in [6.45, 7) is 0. The van der Waals surface area contributed by atoms with Crippen LogP contribution in [0.3, 0.4) is 0 Å². The number of benzene rings is 2. The lowest BCUT2D eigenvalue weighted by Gasteiger charge is -2.13. The quantitative estimate of drug-likeness (QED) is 0.588. The molecule has 0 amide bonds. The summed E-state index contributed by atoms with van der Waals surface area (Å²) in [7, 11) is 0. The van der Waals surface area contributed by atoms with Gasteiger partial charge in [-0.15, -0.1) is 0 Å². The van der Waals surface area contributed by atoms with Crippen LogP contribution >= 0.6 is 11.8 Å². The summed E-state index contributed by atoms with van der Waals surface area (Å²) in [6, 6.07) is 6.26. The van der Waals surface area contributed by atoms with Gasteiger partial charge in [0.1, 0.15) is 0 Å². The molecule has 0 unspecified atom stereocenters. The third-order valence-corrected chi connectivity index (χ3v) is 3.87. The molecule has 124 valence electrons. The number of hydrogen-bond donors (Lipinski definition) is 2. The van der Waals surface area contributed by atoms with Crippen LogP contribution in [0.1, 0.15) is 11.1 Å². The fraction of sp³-hybridized carbons (Fsp3) is 0.143. The Balaban J connectivity index is 2.27. The number of hydrogen-bond acceptors (Lipinski definition) is 3. The molecule has 9 heteroatoms. The van der Waals surface area contributed by atoms with Gasteiger partial charge in [-0.3, -0.25) is 0 Å². The van der Waals surface area contributed by atoms with E-state index in [2.05, 4.69) is 0 Å². The molecule has 2 aromatic carbocycles. The largest absolute Gasteiger partial charge is 0.418 e. The van der Waals surface area contributed by atoms with Crippen molar-refractivity contribution in [2.45, 2.75) is 22.1 Å². The molecule has 23 heavy (non-hydrogen) atoms. The monoisotopic (exact) mass is 352 g/mol. The summed E-state index contributed by atoms with van der Waals surface area (Å²) in [5, 5.41) is 0. The van der Waals surface area contributed by atoms with Gasteiger partial charge in [0.05, 0.1) is 11.1 Å².